The molecule has 1 aromatic carbocycles. The van der Waals surface area contributed by atoms with Gasteiger partial charge in [0.05, 0.1) is 11.3 Å². The lowest BCUT2D eigenvalue weighted by atomic mass is 10.0. The van der Waals surface area contributed by atoms with Gasteiger partial charge < -0.3 is 10.2 Å². The van der Waals surface area contributed by atoms with Gasteiger partial charge in [-0.1, -0.05) is 13.0 Å². The highest BCUT2D eigenvalue weighted by molar-refractivity contribution is 6.52. The van der Waals surface area contributed by atoms with Gasteiger partial charge in [0, 0.05) is 13.1 Å². The molecule has 0 saturated heterocycles. The summed E-state index contributed by atoms with van der Waals surface area (Å²) in [6, 6.07) is 3.81. The Morgan fingerprint density at radius 1 is 1.22 bits per heavy atom. The number of aryl methyl sites for hydroxylation is 2. The number of carbonyl (C=O) groups is 2. The van der Waals surface area contributed by atoms with Crippen LogP contribution in [0.2, 0.25) is 0 Å². The van der Waals surface area contributed by atoms with Crippen molar-refractivity contribution in [3.63, 3.8) is 0 Å². The standard InChI is InChI=1S/C14H18N2O2/c1-4-15-5-6-16-12-10(3)7-9(2)8-11(12)13(17)14(16)18/h7-8,15H,4-6H2,1-3H3. The van der Waals surface area contributed by atoms with Gasteiger partial charge in [0.1, 0.15) is 0 Å². The van der Waals surface area contributed by atoms with Crippen LogP contribution < -0.4 is 10.2 Å². The van der Waals surface area contributed by atoms with Gasteiger partial charge in [-0.2, -0.15) is 0 Å². The number of ketones is 1. The zero-order valence-corrected chi connectivity index (χ0v) is 11.0. The molecule has 18 heavy (non-hydrogen) atoms. The Morgan fingerprint density at radius 3 is 2.61 bits per heavy atom. The zero-order valence-electron chi connectivity index (χ0n) is 11.0. The van der Waals surface area contributed by atoms with Crippen LogP contribution in [0.5, 0.6) is 0 Å². The Bertz CT molecular complexity index is 509. The van der Waals surface area contributed by atoms with E-state index < -0.39 is 5.91 Å². The number of fused-ring (bicyclic) bond motifs is 1. The maximum absolute atomic E-state index is 12.0. The Morgan fingerprint density at radius 2 is 1.94 bits per heavy atom. The first-order valence-corrected chi connectivity index (χ1v) is 6.24. The van der Waals surface area contributed by atoms with Gasteiger partial charge in [-0.15, -0.1) is 0 Å². The molecule has 0 spiro atoms. The van der Waals surface area contributed by atoms with E-state index in [1.165, 1.54) is 0 Å². The number of anilines is 1. The van der Waals surface area contributed by atoms with E-state index in [9.17, 15) is 9.59 Å². The molecule has 96 valence electrons. The Labute approximate surface area is 107 Å². The summed E-state index contributed by atoms with van der Waals surface area (Å²) in [6.07, 6.45) is 0. The fourth-order valence-corrected chi connectivity index (χ4v) is 2.41. The quantitative estimate of drug-likeness (QED) is 0.646. The van der Waals surface area contributed by atoms with Crippen LogP contribution >= 0.6 is 0 Å². The highest BCUT2D eigenvalue weighted by atomic mass is 16.2. The SMILES string of the molecule is CCNCCN1C(=O)C(=O)c2cc(C)cc(C)c21. The first-order chi connectivity index (χ1) is 8.56. The highest BCUT2D eigenvalue weighted by Crippen LogP contribution is 2.32. The Balaban J connectivity index is 2.36. The molecular formula is C14H18N2O2. The van der Waals surface area contributed by atoms with Gasteiger partial charge in [0.2, 0.25) is 0 Å². The van der Waals surface area contributed by atoms with Crippen molar-refractivity contribution >= 4 is 17.4 Å². The van der Waals surface area contributed by atoms with Crippen molar-refractivity contribution in [2.24, 2.45) is 0 Å². The summed E-state index contributed by atoms with van der Waals surface area (Å²) >= 11 is 0. The van der Waals surface area contributed by atoms with Crippen LogP contribution in [0.1, 0.15) is 28.4 Å². The predicted molar refractivity (Wildman–Crippen MR) is 71.1 cm³/mol. The van der Waals surface area contributed by atoms with Gasteiger partial charge >= 0.3 is 0 Å². The normalized spacial score (nSPS) is 14.3. The lowest BCUT2D eigenvalue weighted by Crippen LogP contribution is -2.36. The monoisotopic (exact) mass is 246 g/mol. The van der Waals surface area contributed by atoms with Crippen LogP contribution in [0.25, 0.3) is 0 Å². The first-order valence-electron chi connectivity index (χ1n) is 6.24. The average Bonchev–Trinajstić information content (AvgIpc) is 2.55. The van der Waals surface area contributed by atoms with E-state index in [0.29, 0.717) is 18.7 Å². The maximum atomic E-state index is 12.0. The van der Waals surface area contributed by atoms with Crippen LogP contribution in [-0.4, -0.2) is 31.3 Å². The molecule has 0 fully saturated rings. The summed E-state index contributed by atoms with van der Waals surface area (Å²) in [5, 5.41) is 3.17. The molecule has 2 rings (SSSR count). The van der Waals surface area contributed by atoms with Crippen LogP contribution in [-0.2, 0) is 4.79 Å². The first kappa shape index (κ1) is 12.8. The van der Waals surface area contributed by atoms with Crippen molar-refractivity contribution in [1.82, 2.24) is 5.32 Å². The summed E-state index contributed by atoms with van der Waals surface area (Å²) in [6.45, 7) is 7.98. The van der Waals surface area contributed by atoms with Crippen LogP contribution in [0.4, 0.5) is 5.69 Å². The maximum Gasteiger partial charge on any atom is 0.299 e. The summed E-state index contributed by atoms with van der Waals surface area (Å²) in [7, 11) is 0. The molecule has 0 aliphatic carbocycles. The third-order valence-corrected chi connectivity index (χ3v) is 3.16. The van der Waals surface area contributed by atoms with Gasteiger partial charge in [0.15, 0.2) is 0 Å². The van der Waals surface area contributed by atoms with Gasteiger partial charge in [0.25, 0.3) is 11.7 Å². The lowest BCUT2D eigenvalue weighted by Gasteiger charge is -2.18. The molecule has 1 aromatic rings. The summed E-state index contributed by atoms with van der Waals surface area (Å²) < 4.78 is 0. The predicted octanol–water partition coefficient (Wildman–Crippen LogP) is 1.44. The molecule has 0 atom stereocenters. The molecular weight excluding hydrogens is 228 g/mol. The van der Waals surface area contributed by atoms with Crippen LogP contribution in [0, 0.1) is 13.8 Å². The van der Waals surface area contributed by atoms with Crippen molar-refractivity contribution in [2.45, 2.75) is 20.8 Å². The molecule has 0 radical (unpaired) electrons. The fourth-order valence-electron chi connectivity index (χ4n) is 2.41. The molecule has 0 aromatic heterocycles. The number of carbonyl (C=O) groups excluding carboxylic acids is 2. The number of nitrogens with one attached hydrogen (secondary N) is 1. The largest absolute Gasteiger partial charge is 0.315 e. The highest BCUT2D eigenvalue weighted by Gasteiger charge is 2.36. The second-order valence-electron chi connectivity index (χ2n) is 4.62. The summed E-state index contributed by atoms with van der Waals surface area (Å²) in [4.78, 5) is 25.5. The minimum atomic E-state index is -0.406. The number of hydrogen-bond donors (Lipinski definition) is 1. The number of nitrogens with zero attached hydrogens (tertiary/aromatic N) is 1. The Kier molecular flexibility index (Phi) is 3.48. The van der Waals surface area contributed by atoms with E-state index >= 15 is 0 Å². The zero-order chi connectivity index (χ0) is 13.3. The molecule has 4 nitrogen and oxygen atoms in total. The second-order valence-corrected chi connectivity index (χ2v) is 4.62. The molecule has 1 aliphatic rings. The number of Topliss-reactive ketones (excluding diaryl/α,β-unsaturated/α-hetero) is 1. The van der Waals surface area contributed by atoms with Crippen molar-refractivity contribution in [3.05, 3.63) is 28.8 Å². The van der Waals surface area contributed by atoms with Crippen LogP contribution in [0.15, 0.2) is 12.1 Å². The number of benzene rings is 1. The van der Waals surface area contributed by atoms with E-state index in [0.717, 1.165) is 23.4 Å². The lowest BCUT2D eigenvalue weighted by molar-refractivity contribution is -0.114. The molecule has 1 N–H and O–H groups in total. The van der Waals surface area contributed by atoms with E-state index in [1.807, 2.05) is 26.8 Å². The smallest absolute Gasteiger partial charge is 0.299 e. The minimum absolute atomic E-state index is 0.381. The molecule has 0 bridgehead atoms. The van der Waals surface area contributed by atoms with Gasteiger partial charge in [-0.05, 0) is 37.6 Å². The van der Waals surface area contributed by atoms with Crippen molar-refractivity contribution in [2.75, 3.05) is 24.5 Å². The van der Waals surface area contributed by atoms with Crippen molar-refractivity contribution in [1.29, 1.82) is 0 Å². The molecule has 0 unspecified atom stereocenters. The molecule has 1 aliphatic heterocycles. The fraction of sp³-hybridized carbons (Fsp3) is 0.429. The van der Waals surface area contributed by atoms with Crippen molar-refractivity contribution < 1.29 is 9.59 Å². The number of amides is 1. The van der Waals surface area contributed by atoms with E-state index in [-0.39, 0.29) is 5.78 Å². The van der Waals surface area contributed by atoms with Crippen LogP contribution in [0.3, 0.4) is 0 Å². The van der Waals surface area contributed by atoms with Gasteiger partial charge in [-0.25, -0.2) is 0 Å². The van der Waals surface area contributed by atoms with E-state index in [2.05, 4.69) is 5.32 Å². The third kappa shape index (κ3) is 2.04. The van der Waals surface area contributed by atoms with E-state index in [1.54, 1.807) is 11.0 Å². The topological polar surface area (TPSA) is 49.4 Å². The number of likely N-dealkylation sites (N-methyl/N-ethyl adjacent to an activating group) is 1. The average molecular weight is 246 g/mol. The number of hydrogen-bond acceptors (Lipinski definition) is 3. The summed E-state index contributed by atoms with van der Waals surface area (Å²) in [5.41, 5.74) is 3.34. The number of rotatable bonds is 4. The second kappa shape index (κ2) is 4.90. The minimum Gasteiger partial charge on any atom is -0.315 e. The molecule has 4 heteroatoms. The van der Waals surface area contributed by atoms with E-state index in [4.69, 9.17) is 0 Å². The molecule has 1 amide bonds. The van der Waals surface area contributed by atoms with Gasteiger partial charge in [-0.3, -0.25) is 9.59 Å². The van der Waals surface area contributed by atoms with Crippen molar-refractivity contribution in [3.8, 4) is 0 Å². The molecule has 0 saturated carbocycles. The molecule has 1 heterocycles. The third-order valence-electron chi connectivity index (χ3n) is 3.16. The summed E-state index contributed by atoms with van der Waals surface area (Å²) in [5.74, 6) is -0.787. The Hall–Kier alpha value is -1.68.